The van der Waals surface area contributed by atoms with Crippen LogP contribution in [0.5, 0.6) is 0 Å². The molecule has 0 aromatic carbocycles. The number of alkyl halides is 1. The molecule has 1 aromatic rings. The van der Waals surface area contributed by atoms with Crippen LogP contribution in [-0.4, -0.2) is 34.6 Å². The normalized spacial score (nSPS) is 10.0. The molecule has 6 heteroatoms. The summed E-state index contributed by atoms with van der Waals surface area (Å²) in [6.07, 6.45) is 4.40. The number of aromatic nitrogens is 2. The maximum Gasteiger partial charge on any atom is 0.314 e. The number of hydrogen-bond acceptors (Lipinski definition) is 2. The van der Waals surface area contributed by atoms with Gasteiger partial charge in [0.15, 0.2) is 0 Å². The first kappa shape index (κ1) is 11.8. The molecule has 0 spiro atoms. The Balaban J connectivity index is 2.13. The van der Waals surface area contributed by atoms with Crippen LogP contribution in [0.1, 0.15) is 5.69 Å². The van der Waals surface area contributed by atoms with Gasteiger partial charge in [-0.3, -0.25) is 0 Å². The Morgan fingerprint density at radius 3 is 2.87 bits per heavy atom. The summed E-state index contributed by atoms with van der Waals surface area (Å²) in [6.45, 7) is 1.06. The third kappa shape index (κ3) is 4.69. The van der Waals surface area contributed by atoms with E-state index in [1.54, 1.807) is 6.33 Å². The van der Waals surface area contributed by atoms with Gasteiger partial charge in [0.05, 0.1) is 12.0 Å². The molecule has 1 rings (SSSR count). The Morgan fingerprint density at radius 2 is 2.27 bits per heavy atom. The largest absolute Gasteiger partial charge is 0.340 e. The highest BCUT2D eigenvalue weighted by molar-refractivity contribution is 6.18. The number of carbonyl (C=O) groups is 1. The fraction of sp³-hybridized carbons (Fsp3) is 0.556. The topological polar surface area (TPSA) is 59.0 Å². The van der Waals surface area contributed by atoms with Crippen molar-refractivity contribution in [3.63, 3.8) is 0 Å². The molecule has 0 bridgehead atoms. The predicted octanol–water partition coefficient (Wildman–Crippen LogP) is 0.501. The number of nitrogens with zero attached hydrogens (tertiary/aromatic N) is 2. The van der Waals surface area contributed by atoms with Crippen LogP contribution in [0.2, 0.25) is 0 Å². The molecule has 15 heavy (non-hydrogen) atoms. The minimum atomic E-state index is -0.188. The number of carbonyl (C=O) groups excluding carboxylic acids is 1. The summed E-state index contributed by atoms with van der Waals surface area (Å²) >= 11 is 5.42. The Kier molecular flexibility index (Phi) is 4.97. The van der Waals surface area contributed by atoms with Crippen molar-refractivity contribution in [3.8, 4) is 0 Å². The molecule has 0 saturated heterocycles. The first-order valence-electron chi connectivity index (χ1n) is 4.77. The van der Waals surface area contributed by atoms with Crippen LogP contribution in [0.3, 0.4) is 0 Å². The van der Waals surface area contributed by atoms with E-state index in [1.807, 2.05) is 17.8 Å². The van der Waals surface area contributed by atoms with Crippen molar-refractivity contribution in [1.29, 1.82) is 0 Å². The lowest BCUT2D eigenvalue weighted by Gasteiger charge is -2.04. The van der Waals surface area contributed by atoms with Crippen molar-refractivity contribution in [3.05, 3.63) is 18.2 Å². The van der Waals surface area contributed by atoms with Gasteiger partial charge in [-0.25, -0.2) is 9.78 Å². The number of aryl methyl sites for hydroxylation is 1. The van der Waals surface area contributed by atoms with Gasteiger partial charge in [-0.15, -0.1) is 11.6 Å². The highest BCUT2D eigenvalue weighted by Crippen LogP contribution is 1.93. The first-order chi connectivity index (χ1) is 7.22. The van der Waals surface area contributed by atoms with Crippen LogP contribution < -0.4 is 10.6 Å². The van der Waals surface area contributed by atoms with Gasteiger partial charge < -0.3 is 15.2 Å². The Morgan fingerprint density at radius 1 is 1.53 bits per heavy atom. The molecule has 2 amide bonds. The van der Waals surface area contributed by atoms with Crippen LogP contribution in [0.15, 0.2) is 12.5 Å². The number of urea groups is 1. The van der Waals surface area contributed by atoms with E-state index in [-0.39, 0.29) is 6.03 Å². The molecule has 0 aliphatic carbocycles. The van der Waals surface area contributed by atoms with Gasteiger partial charge in [0.1, 0.15) is 0 Å². The maximum atomic E-state index is 11.1. The first-order valence-corrected chi connectivity index (χ1v) is 5.30. The number of amides is 2. The Hall–Kier alpha value is -1.23. The van der Waals surface area contributed by atoms with E-state index in [4.69, 9.17) is 11.6 Å². The van der Waals surface area contributed by atoms with Crippen LogP contribution in [0, 0.1) is 0 Å². The number of hydrogen-bond donors (Lipinski definition) is 2. The minimum absolute atomic E-state index is 0.188. The van der Waals surface area contributed by atoms with Gasteiger partial charge in [-0.05, 0) is 0 Å². The smallest absolute Gasteiger partial charge is 0.314 e. The molecule has 5 nitrogen and oxygen atoms in total. The SMILES string of the molecule is Cn1cnc(CCNC(=O)NCCCl)c1. The minimum Gasteiger partial charge on any atom is -0.340 e. The maximum absolute atomic E-state index is 11.1. The van der Waals surface area contributed by atoms with Crippen molar-refractivity contribution in [2.45, 2.75) is 6.42 Å². The summed E-state index contributed by atoms with van der Waals surface area (Å²) in [4.78, 5) is 15.2. The zero-order valence-corrected chi connectivity index (χ0v) is 9.42. The van der Waals surface area contributed by atoms with Crippen molar-refractivity contribution in [1.82, 2.24) is 20.2 Å². The molecular formula is C9H15ClN4O. The fourth-order valence-corrected chi connectivity index (χ4v) is 1.22. The van der Waals surface area contributed by atoms with Gasteiger partial charge in [0.2, 0.25) is 0 Å². The van der Waals surface area contributed by atoms with Crippen molar-refractivity contribution in [2.75, 3.05) is 19.0 Å². The number of rotatable bonds is 5. The van der Waals surface area contributed by atoms with Gasteiger partial charge in [0.25, 0.3) is 0 Å². The molecule has 84 valence electrons. The predicted molar refractivity (Wildman–Crippen MR) is 59.0 cm³/mol. The van der Waals surface area contributed by atoms with E-state index in [0.29, 0.717) is 19.0 Å². The second-order valence-corrected chi connectivity index (χ2v) is 3.53. The summed E-state index contributed by atoms with van der Waals surface area (Å²) in [6, 6.07) is -0.188. The third-order valence-corrected chi connectivity index (χ3v) is 1.99. The second-order valence-electron chi connectivity index (χ2n) is 3.15. The van der Waals surface area contributed by atoms with Gasteiger partial charge in [-0.1, -0.05) is 0 Å². The van der Waals surface area contributed by atoms with Gasteiger partial charge in [-0.2, -0.15) is 0 Å². The molecule has 0 saturated carbocycles. The average molecular weight is 231 g/mol. The molecule has 0 aliphatic rings. The van der Waals surface area contributed by atoms with Gasteiger partial charge >= 0.3 is 6.03 Å². The van der Waals surface area contributed by atoms with E-state index < -0.39 is 0 Å². The second kappa shape index (κ2) is 6.29. The Labute approximate surface area is 93.8 Å². The highest BCUT2D eigenvalue weighted by Gasteiger charge is 1.99. The molecule has 1 aromatic heterocycles. The van der Waals surface area contributed by atoms with Crippen LogP contribution >= 0.6 is 11.6 Å². The lowest BCUT2D eigenvalue weighted by Crippen LogP contribution is -2.37. The van der Waals surface area contributed by atoms with Crippen molar-refractivity contribution in [2.24, 2.45) is 7.05 Å². The number of nitrogens with one attached hydrogen (secondary N) is 2. The zero-order valence-electron chi connectivity index (χ0n) is 8.66. The zero-order chi connectivity index (χ0) is 11.1. The monoisotopic (exact) mass is 230 g/mol. The molecule has 0 atom stereocenters. The fourth-order valence-electron chi connectivity index (χ4n) is 1.12. The lowest BCUT2D eigenvalue weighted by molar-refractivity contribution is 0.241. The molecule has 2 N–H and O–H groups in total. The van der Waals surface area contributed by atoms with E-state index in [0.717, 1.165) is 12.1 Å². The summed E-state index contributed by atoms with van der Waals surface area (Å²) < 4.78 is 1.88. The molecule has 1 heterocycles. The van der Waals surface area contributed by atoms with E-state index in [2.05, 4.69) is 15.6 Å². The molecule has 0 radical (unpaired) electrons. The third-order valence-electron chi connectivity index (χ3n) is 1.81. The van der Waals surface area contributed by atoms with Crippen molar-refractivity contribution >= 4 is 17.6 Å². The lowest BCUT2D eigenvalue weighted by atomic mass is 10.3. The number of imidazole rings is 1. The van der Waals surface area contributed by atoms with Gasteiger partial charge in [0, 0.05) is 38.6 Å². The average Bonchev–Trinajstić information content (AvgIpc) is 2.61. The molecule has 0 fully saturated rings. The quantitative estimate of drug-likeness (QED) is 0.724. The van der Waals surface area contributed by atoms with E-state index in [1.165, 1.54) is 0 Å². The standard InChI is InChI=1S/C9H15ClN4O/c1-14-6-8(13-7-14)2-4-11-9(15)12-5-3-10/h6-7H,2-5H2,1H3,(H2,11,12,15). The summed E-state index contributed by atoms with van der Waals surface area (Å²) in [7, 11) is 1.91. The molecular weight excluding hydrogens is 216 g/mol. The van der Waals surface area contributed by atoms with E-state index >= 15 is 0 Å². The van der Waals surface area contributed by atoms with Crippen LogP contribution in [-0.2, 0) is 13.5 Å². The highest BCUT2D eigenvalue weighted by atomic mass is 35.5. The summed E-state index contributed by atoms with van der Waals surface area (Å²) in [5, 5.41) is 5.33. The van der Waals surface area contributed by atoms with Crippen molar-refractivity contribution < 1.29 is 4.79 Å². The Bertz CT molecular complexity index is 313. The summed E-state index contributed by atoms with van der Waals surface area (Å²) in [5.74, 6) is 0.424. The van der Waals surface area contributed by atoms with E-state index in [9.17, 15) is 4.79 Å². The number of halogens is 1. The summed E-state index contributed by atoms with van der Waals surface area (Å²) in [5.41, 5.74) is 0.968. The molecule has 0 unspecified atom stereocenters. The molecule has 0 aliphatic heterocycles. The van der Waals surface area contributed by atoms with Crippen LogP contribution in [0.25, 0.3) is 0 Å². The van der Waals surface area contributed by atoms with Crippen LogP contribution in [0.4, 0.5) is 4.79 Å².